The minimum atomic E-state index is -0.149. The minimum absolute atomic E-state index is 0.149. The first-order valence-electron chi connectivity index (χ1n) is 7.54. The molecule has 1 saturated heterocycles. The van der Waals surface area contributed by atoms with Crippen LogP contribution in [0.15, 0.2) is 24.3 Å². The van der Waals surface area contributed by atoms with Crippen molar-refractivity contribution in [2.75, 3.05) is 45.8 Å². The number of nitrogens with one attached hydrogen (secondary N) is 1. The molecule has 0 radical (unpaired) electrons. The molecule has 0 saturated carbocycles. The van der Waals surface area contributed by atoms with Gasteiger partial charge in [-0.1, -0.05) is 6.07 Å². The number of carbonyl (C=O) groups excluding carboxylic acids is 1. The van der Waals surface area contributed by atoms with Gasteiger partial charge in [0.25, 0.3) is 0 Å². The van der Waals surface area contributed by atoms with E-state index in [1.54, 1.807) is 25.1 Å². The third-order valence-corrected chi connectivity index (χ3v) is 3.49. The fraction of sp³-hybridized carbons (Fsp3) is 0.562. The molecule has 0 aliphatic carbocycles. The zero-order valence-corrected chi connectivity index (χ0v) is 13.2. The monoisotopic (exact) mass is 308 g/mol. The summed E-state index contributed by atoms with van der Waals surface area (Å²) in [5, 5.41) is 2.87. The lowest BCUT2D eigenvalue weighted by Crippen LogP contribution is -2.37. The van der Waals surface area contributed by atoms with Gasteiger partial charge in [0.1, 0.15) is 12.4 Å². The fourth-order valence-corrected chi connectivity index (χ4v) is 2.30. The summed E-state index contributed by atoms with van der Waals surface area (Å²) in [6.07, 6.45) is 2.24. The van der Waals surface area contributed by atoms with Crippen LogP contribution in [0.3, 0.4) is 0 Å². The molecule has 1 aliphatic heterocycles. The Hall–Kier alpha value is -1.79. The van der Waals surface area contributed by atoms with Crippen molar-refractivity contribution in [2.45, 2.75) is 18.9 Å². The summed E-state index contributed by atoms with van der Waals surface area (Å²) < 4.78 is 16.0. The van der Waals surface area contributed by atoms with Gasteiger partial charge in [-0.25, -0.2) is 4.79 Å². The van der Waals surface area contributed by atoms with Crippen LogP contribution in [0.2, 0.25) is 0 Å². The van der Waals surface area contributed by atoms with E-state index in [9.17, 15) is 4.79 Å². The summed E-state index contributed by atoms with van der Waals surface area (Å²) in [5.74, 6) is 0.705. The number of hydrogen-bond acceptors (Lipinski definition) is 4. The molecule has 6 nitrogen and oxygen atoms in total. The molecule has 1 N–H and O–H groups in total. The highest BCUT2D eigenvalue weighted by Gasteiger charge is 2.20. The predicted octanol–water partition coefficient (Wildman–Crippen LogP) is 2.35. The van der Waals surface area contributed by atoms with Crippen molar-refractivity contribution >= 4 is 11.7 Å². The number of hydrogen-bond donors (Lipinski definition) is 1. The number of methoxy groups -OCH3 is 1. The highest BCUT2D eigenvalue weighted by atomic mass is 16.5. The molecule has 1 fully saturated rings. The van der Waals surface area contributed by atoms with Gasteiger partial charge < -0.3 is 24.4 Å². The van der Waals surface area contributed by atoms with E-state index in [1.165, 1.54) is 0 Å². The highest BCUT2D eigenvalue weighted by molar-refractivity contribution is 5.89. The Morgan fingerprint density at radius 1 is 1.45 bits per heavy atom. The van der Waals surface area contributed by atoms with Crippen molar-refractivity contribution in [3.8, 4) is 5.75 Å². The second-order valence-electron chi connectivity index (χ2n) is 5.31. The van der Waals surface area contributed by atoms with Crippen LogP contribution < -0.4 is 10.1 Å². The Bertz CT molecular complexity index is 475. The number of benzene rings is 1. The molecule has 122 valence electrons. The summed E-state index contributed by atoms with van der Waals surface area (Å²) in [5.41, 5.74) is 0.708. The molecule has 22 heavy (non-hydrogen) atoms. The first-order chi connectivity index (χ1) is 10.7. The molecule has 1 aromatic rings. The van der Waals surface area contributed by atoms with Crippen molar-refractivity contribution in [3.63, 3.8) is 0 Å². The molecule has 1 atom stereocenters. The highest BCUT2D eigenvalue weighted by Crippen LogP contribution is 2.18. The molecule has 0 spiro atoms. The average molecular weight is 308 g/mol. The van der Waals surface area contributed by atoms with Crippen LogP contribution in [0.5, 0.6) is 5.75 Å². The van der Waals surface area contributed by atoms with Gasteiger partial charge in [0.15, 0.2) is 0 Å². The summed E-state index contributed by atoms with van der Waals surface area (Å²) in [6.45, 7) is 2.41. The second-order valence-corrected chi connectivity index (χ2v) is 5.31. The van der Waals surface area contributed by atoms with Gasteiger partial charge in [-0.05, 0) is 25.0 Å². The van der Waals surface area contributed by atoms with Crippen LogP contribution >= 0.6 is 0 Å². The molecule has 0 aromatic heterocycles. The SMILES string of the molecule is COCCOc1cccc(NC(=O)N(C)C[C@H]2CCCO2)c1. The second kappa shape index (κ2) is 8.60. The topological polar surface area (TPSA) is 60.0 Å². The lowest BCUT2D eigenvalue weighted by Gasteiger charge is -2.21. The lowest BCUT2D eigenvalue weighted by atomic mass is 10.2. The third kappa shape index (κ3) is 5.20. The van der Waals surface area contributed by atoms with E-state index in [0.717, 1.165) is 19.4 Å². The minimum Gasteiger partial charge on any atom is -0.491 e. The van der Waals surface area contributed by atoms with Crippen LogP contribution in [0.4, 0.5) is 10.5 Å². The molecule has 2 rings (SSSR count). The van der Waals surface area contributed by atoms with E-state index in [4.69, 9.17) is 14.2 Å². The van der Waals surface area contributed by atoms with E-state index in [1.807, 2.05) is 18.2 Å². The molecule has 2 amide bonds. The van der Waals surface area contributed by atoms with Gasteiger partial charge in [0.2, 0.25) is 0 Å². The molecular weight excluding hydrogens is 284 g/mol. The van der Waals surface area contributed by atoms with E-state index >= 15 is 0 Å². The lowest BCUT2D eigenvalue weighted by molar-refractivity contribution is 0.0894. The number of ether oxygens (including phenoxy) is 3. The smallest absolute Gasteiger partial charge is 0.321 e. The van der Waals surface area contributed by atoms with Crippen LogP contribution in [0, 0.1) is 0 Å². The normalized spacial score (nSPS) is 17.3. The number of urea groups is 1. The van der Waals surface area contributed by atoms with Gasteiger partial charge in [0, 0.05) is 39.1 Å². The van der Waals surface area contributed by atoms with Crippen molar-refractivity contribution in [1.29, 1.82) is 0 Å². The van der Waals surface area contributed by atoms with Crippen molar-refractivity contribution in [2.24, 2.45) is 0 Å². The van der Waals surface area contributed by atoms with Crippen LogP contribution in [-0.2, 0) is 9.47 Å². The van der Waals surface area contributed by atoms with Crippen molar-refractivity contribution in [1.82, 2.24) is 4.90 Å². The summed E-state index contributed by atoms with van der Waals surface area (Å²) in [4.78, 5) is 13.8. The van der Waals surface area contributed by atoms with E-state index in [2.05, 4.69) is 5.32 Å². The Kier molecular flexibility index (Phi) is 6.48. The maximum atomic E-state index is 12.2. The van der Waals surface area contributed by atoms with Gasteiger partial charge in [0.05, 0.1) is 12.7 Å². The van der Waals surface area contributed by atoms with Crippen molar-refractivity contribution in [3.05, 3.63) is 24.3 Å². The summed E-state index contributed by atoms with van der Waals surface area (Å²) in [7, 11) is 3.40. The first-order valence-corrected chi connectivity index (χ1v) is 7.54. The van der Waals surface area contributed by atoms with E-state index < -0.39 is 0 Å². The summed E-state index contributed by atoms with van der Waals surface area (Å²) >= 11 is 0. The number of amides is 2. The number of likely N-dealkylation sites (N-methyl/N-ethyl adjacent to an activating group) is 1. The Morgan fingerprint density at radius 3 is 3.05 bits per heavy atom. The fourth-order valence-electron chi connectivity index (χ4n) is 2.30. The molecule has 1 heterocycles. The molecular formula is C16H24N2O4. The quantitative estimate of drug-likeness (QED) is 0.786. The molecule has 1 aliphatic rings. The molecule has 6 heteroatoms. The summed E-state index contributed by atoms with van der Waals surface area (Å²) in [6, 6.07) is 7.18. The average Bonchev–Trinajstić information content (AvgIpc) is 3.01. The van der Waals surface area contributed by atoms with Crippen LogP contribution in [-0.4, -0.2) is 57.6 Å². The van der Waals surface area contributed by atoms with Gasteiger partial charge in [-0.2, -0.15) is 0 Å². The molecule has 0 bridgehead atoms. The maximum Gasteiger partial charge on any atom is 0.321 e. The Labute approximate surface area is 131 Å². The third-order valence-electron chi connectivity index (χ3n) is 3.49. The van der Waals surface area contributed by atoms with Gasteiger partial charge in [-0.3, -0.25) is 0 Å². The largest absolute Gasteiger partial charge is 0.491 e. The van der Waals surface area contributed by atoms with E-state index in [0.29, 0.717) is 31.2 Å². The maximum absolute atomic E-state index is 12.2. The number of nitrogens with zero attached hydrogens (tertiary/aromatic N) is 1. The zero-order valence-electron chi connectivity index (χ0n) is 13.2. The number of rotatable bonds is 7. The van der Waals surface area contributed by atoms with Crippen molar-refractivity contribution < 1.29 is 19.0 Å². The molecule has 0 unspecified atom stereocenters. The number of anilines is 1. The first kappa shape index (κ1) is 16.6. The van der Waals surface area contributed by atoms with Crippen LogP contribution in [0.1, 0.15) is 12.8 Å². The number of carbonyl (C=O) groups is 1. The van der Waals surface area contributed by atoms with Crippen LogP contribution in [0.25, 0.3) is 0 Å². The Balaban J connectivity index is 1.83. The van der Waals surface area contributed by atoms with Gasteiger partial charge >= 0.3 is 6.03 Å². The van der Waals surface area contributed by atoms with Gasteiger partial charge in [-0.15, -0.1) is 0 Å². The Morgan fingerprint density at radius 2 is 2.32 bits per heavy atom. The zero-order chi connectivity index (χ0) is 15.8. The predicted molar refractivity (Wildman–Crippen MR) is 84.4 cm³/mol. The van der Waals surface area contributed by atoms with E-state index in [-0.39, 0.29) is 12.1 Å². The standard InChI is InChI=1S/C16H24N2O4/c1-18(12-15-7-4-8-21-15)16(19)17-13-5-3-6-14(11-13)22-10-9-20-2/h3,5-6,11,15H,4,7-10,12H2,1-2H3,(H,17,19)/t15-/m1/s1. The molecule has 1 aromatic carbocycles.